The highest BCUT2D eigenvalue weighted by atomic mass is 16.5. The molecule has 0 N–H and O–H groups in total. The van der Waals surface area contributed by atoms with Gasteiger partial charge in [-0.2, -0.15) is 0 Å². The first-order valence-corrected chi connectivity index (χ1v) is 11.6. The Morgan fingerprint density at radius 3 is 1.83 bits per heavy atom. The SMILES string of the molecule is CC(C)(C)c1ccc(C(=O)Oc2ccc(C=CC(=O)c3ccc(-c4ccccc4)cc3)cc2)cc1. The highest BCUT2D eigenvalue weighted by Gasteiger charge is 2.15. The zero-order valence-electron chi connectivity index (χ0n) is 20.2. The number of hydrogen-bond acceptors (Lipinski definition) is 3. The van der Waals surface area contributed by atoms with Gasteiger partial charge in [0.05, 0.1) is 5.56 Å². The Morgan fingerprint density at radius 1 is 0.657 bits per heavy atom. The lowest BCUT2D eigenvalue weighted by atomic mass is 9.87. The predicted octanol–water partition coefficient (Wildman–Crippen LogP) is 7.77. The summed E-state index contributed by atoms with van der Waals surface area (Å²) in [4.78, 5) is 25.0. The van der Waals surface area contributed by atoms with E-state index in [1.807, 2.05) is 78.9 Å². The third-order valence-electron chi connectivity index (χ3n) is 5.78. The molecule has 0 aliphatic heterocycles. The van der Waals surface area contributed by atoms with Gasteiger partial charge in [-0.3, -0.25) is 4.79 Å². The van der Waals surface area contributed by atoms with E-state index in [1.165, 1.54) is 0 Å². The lowest BCUT2D eigenvalue weighted by molar-refractivity contribution is 0.0734. The first-order chi connectivity index (χ1) is 16.8. The molecule has 0 saturated carbocycles. The summed E-state index contributed by atoms with van der Waals surface area (Å²) < 4.78 is 5.49. The predicted molar refractivity (Wildman–Crippen MR) is 142 cm³/mol. The van der Waals surface area contributed by atoms with Crippen LogP contribution in [0.4, 0.5) is 0 Å². The summed E-state index contributed by atoms with van der Waals surface area (Å²) >= 11 is 0. The Morgan fingerprint density at radius 2 is 1.23 bits per heavy atom. The maximum atomic E-state index is 12.6. The number of esters is 1. The van der Waals surface area contributed by atoms with Gasteiger partial charge in [0.25, 0.3) is 0 Å². The van der Waals surface area contributed by atoms with Gasteiger partial charge in [0.2, 0.25) is 0 Å². The summed E-state index contributed by atoms with van der Waals surface area (Å²) in [6.07, 6.45) is 3.31. The molecular weight excluding hydrogens is 432 g/mol. The van der Waals surface area contributed by atoms with Crippen molar-refractivity contribution < 1.29 is 14.3 Å². The molecule has 0 spiro atoms. The molecule has 0 aromatic heterocycles. The molecular formula is C32H28O3. The maximum Gasteiger partial charge on any atom is 0.343 e. The molecule has 35 heavy (non-hydrogen) atoms. The van der Waals surface area contributed by atoms with Crippen LogP contribution in [0.1, 0.15) is 52.6 Å². The standard InChI is InChI=1S/C32H28O3/c1-32(2,3)28-18-16-27(17-19-28)31(34)35-29-20-9-23(10-21-29)11-22-30(33)26-14-12-25(13-15-26)24-7-5-4-6-8-24/h4-22H,1-3H3. The van der Waals surface area contributed by atoms with E-state index in [0.29, 0.717) is 16.9 Å². The van der Waals surface area contributed by atoms with Crippen molar-refractivity contribution in [1.82, 2.24) is 0 Å². The summed E-state index contributed by atoms with van der Waals surface area (Å²) in [5, 5.41) is 0. The van der Waals surface area contributed by atoms with Crippen molar-refractivity contribution in [3.05, 3.63) is 131 Å². The van der Waals surface area contributed by atoms with Crippen LogP contribution in [0.3, 0.4) is 0 Å². The molecule has 0 unspecified atom stereocenters. The van der Waals surface area contributed by atoms with Crippen molar-refractivity contribution in [2.75, 3.05) is 0 Å². The molecule has 4 rings (SSSR count). The molecule has 0 radical (unpaired) electrons. The van der Waals surface area contributed by atoms with Gasteiger partial charge in [-0.1, -0.05) is 106 Å². The van der Waals surface area contributed by atoms with Gasteiger partial charge < -0.3 is 4.74 Å². The molecule has 0 aliphatic carbocycles. The average molecular weight is 461 g/mol. The maximum absolute atomic E-state index is 12.6. The van der Waals surface area contributed by atoms with Gasteiger partial charge in [0.15, 0.2) is 5.78 Å². The van der Waals surface area contributed by atoms with E-state index in [9.17, 15) is 9.59 Å². The molecule has 0 aliphatic rings. The number of carbonyl (C=O) groups is 2. The minimum absolute atomic E-state index is 0.0266. The van der Waals surface area contributed by atoms with Crippen LogP contribution in [0.2, 0.25) is 0 Å². The largest absolute Gasteiger partial charge is 0.423 e. The van der Waals surface area contributed by atoms with E-state index in [-0.39, 0.29) is 11.2 Å². The van der Waals surface area contributed by atoms with Crippen LogP contribution in [0, 0.1) is 0 Å². The summed E-state index contributed by atoms with van der Waals surface area (Å²) in [7, 11) is 0. The number of hydrogen-bond donors (Lipinski definition) is 0. The second kappa shape index (κ2) is 10.4. The third-order valence-corrected chi connectivity index (χ3v) is 5.78. The molecule has 4 aromatic carbocycles. The van der Waals surface area contributed by atoms with Crippen molar-refractivity contribution in [1.29, 1.82) is 0 Å². The van der Waals surface area contributed by atoms with Gasteiger partial charge in [0, 0.05) is 5.56 Å². The van der Waals surface area contributed by atoms with Crippen molar-refractivity contribution >= 4 is 17.8 Å². The van der Waals surface area contributed by atoms with Gasteiger partial charge in [-0.25, -0.2) is 4.79 Å². The normalized spacial score (nSPS) is 11.4. The van der Waals surface area contributed by atoms with Crippen molar-refractivity contribution in [2.45, 2.75) is 26.2 Å². The Hall–Kier alpha value is -4.24. The zero-order valence-corrected chi connectivity index (χ0v) is 20.2. The number of benzene rings is 4. The number of ketones is 1. The first-order valence-electron chi connectivity index (χ1n) is 11.6. The molecule has 0 atom stereocenters. The smallest absolute Gasteiger partial charge is 0.343 e. The number of carbonyl (C=O) groups excluding carboxylic acids is 2. The molecule has 0 bridgehead atoms. The van der Waals surface area contributed by atoms with E-state index in [4.69, 9.17) is 4.74 Å². The van der Waals surface area contributed by atoms with Gasteiger partial charge in [-0.15, -0.1) is 0 Å². The lowest BCUT2D eigenvalue weighted by Gasteiger charge is -2.18. The van der Waals surface area contributed by atoms with E-state index in [0.717, 1.165) is 22.3 Å². The van der Waals surface area contributed by atoms with Gasteiger partial charge in [-0.05, 0) is 58.0 Å². The lowest BCUT2D eigenvalue weighted by Crippen LogP contribution is -2.12. The van der Waals surface area contributed by atoms with Crippen LogP contribution in [0.5, 0.6) is 5.75 Å². The molecule has 4 aromatic rings. The van der Waals surface area contributed by atoms with Crippen molar-refractivity contribution in [2.24, 2.45) is 0 Å². The fraction of sp³-hybridized carbons (Fsp3) is 0.125. The monoisotopic (exact) mass is 460 g/mol. The van der Waals surface area contributed by atoms with E-state index >= 15 is 0 Å². The molecule has 0 fully saturated rings. The molecule has 3 nitrogen and oxygen atoms in total. The summed E-state index contributed by atoms with van der Waals surface area (Å²) in [6, 6.07) is 32.2. The van der Waals surface area contributed by atoms with Crippen molar-refractivity contribution in [3.63, 3.8) is 0 Å². The van der Waals surface area contributed by atoms with E-state index in [1.54, 1.807) is 36.4 Å². The number of allylic oxidation sites excluding steroid dienone is 1. The third kappa shape index (κ3) is 6.21. The molecule has 0 amide bonds. The van der Waals surface area contributed by atoms with Gasteiger partial charge >= 0.3 is 5.97 Å². The van der Waals surface area contributed by atoms with Crippen LogP contribution in [-0.4, -0.2) is 11.8 Å². The summed E-state index contributed by atoms with van der Waals surface area (Å²) in [5.74, 6) is -0.0171. The van der Waals surface area contributed by atoms with Crippen LogP contribution in [0.15, 0.2) is 109 Å². The van der Waals surface area contributed by atoms with Crippen LogP contribution in [-0.2, 0) is 5.41 Å². The number of ether oxygens (including phenoxy) is 1. The average Bonchev–Trinajstić information content (AvgIpc) is 2.88. The van der Waals surface area contributed by atoms with Gasteiger partial charge in [0.1, 0.15) is 5.75 Å². The second-order valence-electron chi connectivity index (χ2n) is 9.43. The Labute approximate surface area is 206 Å². The molecule has 174 valence electrons. The minimum Gasteiger partial charge on any atom is -0.423 e. The second-order valence-corrected chi connectivity index (χ2v) is 9.43. The molecule has 3 heteroatoms. The number of rotatable bonds is 6. The summed E-state index contributed by atoms with van der Waals surface area (Å²) in [5.41, 5.74) is 5.35. The molecule has 0 heterocycles. The molecule has 0 saturated heterocycles. The minimum atomic E-state index is -0.400. The topological polar surface area (TPSA) is 43.4 Å². The fourth-order valence-electron chi connectivity index (χ4n) is 3.64. The van der Waals surface area contributed by atoms with E-state index < -0.39 is 5.97 Å². The highest BCUT2D eigenvalue weighted by molar-refractivity contribution is 6.07. The van der Waals surface area contributed by atoms with Crippen LogP contribution < -0.4 is 4.74 Å². The van der Waals surface area contributed by atoms with Crippen molar-refractivity contribution in [3.8, 4) is 16.9 Å². The highest BCUT2D eigenvalue weighted by Crippen LogP contribution is 2.23. The Kier molecular flexibility index (Phi) is 7.07. The van der Waals surface area contributed by atoms with Crippen LogP contribution in [0.25, 0.3) is 17.2 Å². The summed E-state index contributed by atoms with van der Waals surface area (Å²) in [6.45, 7) is 6.39. The van der Waals surface area contributed by atoms with Crippen LogP contribution >= 0.6 is 0 Å². The fourth-order valence-corrected chi connectivity index (χ4v) is 3.64. The first kappa shape index (κ1) is 23.9. The van der Waals surface area contributed by atoms with E-state index in [2.05, 4.69) is 20.8 Å². The quantitative estimate of drug-likeness (QED) is 0.128. The zero-order chi connectivity index (χ0) is 24.8. The Bertz CT molecular complexity index is 1320. The Balaban J connectivity index is 1.36.